The molecule has 0 radical (unpaired) electrons. The number of carboxylic acid groups (broad SMARTS) is 2. The Morgan fingerprint density at radius 1 is 1.03 bits per heavy atom. The van der Waals surface area contributed by atoms with Crippen LogP contribution in [0.5, 0.6) is 0 Å². The smallest absolute Gasteiger partial charge is 0.328 e. The molecule has 1 saturated carbocycles. The Labute approximate surface area is 243 Å². The SMILES string of the molecule is CC(C)(C)COCC(CN(CC1CCCCC1)c1c(Cl)cccc1Cl)N1CCCC1.O.O=C(O)/C=C/C(=O)O. The van der Waals surface area contributed by atoms with Gasteiger partial charge in [0.05, 0.1) is 35.0 Å². The molecule has 2 aliphatic rings. The molecule has 0 bridgehead atoms. The summed E-state index contributed by atoms with van der Waals surface area (Å²) >= 11 is 13.4. The average molecular weight is 590 g/mol. The van der Waals surface area contributed by atoms with Crippen LogP contribution in [0, 0.1) is 11.3 Å². The van der Waals surface area contributed by atoms with E-state index >= 15 is 0 Å². The zero-order valence-electron chi connectivity index (χ0n) is 23.5. The number of hydrogen-bond acceptors (Lipinski definition) is 5. The van der Waals surface area contributed by atoms with Gasteiger partial charge in [-0.05, 0) is 62.2 Å². The largest absolute Gasteiger partial charge is 0.478 e. The van der Waals surface area contributed by atoms with E-state index in [2.05, 4.69) is 30.6 Å². The molecule has 10 heteroatoms. The molecule has 1 saturated heterocycles. The first-order valence-electron chi connectivity index (χ1n) is 13.6. The first-order valence-corrected chi connectivity index (χ1v) is 14.4. The van der Waals surface area contributed by atoms with Gasteiger partial charge >= 0.3 is 11.9 Å². The van der Waals surface area contributed by atoms with Gasteiger partial charge in [-0.2, -0.15) is 0 Å². The summed E-state index contributed by atoms with van der Waals surface area (Å²) in [5, 5.41) is 17.1. The summed E-state index contributed by atoms with van der Waals surface area (Å²) in [6, 6.07) is 6.25. The number of carboxylic acids is 2. The van der Waals surface area contributed by atoms with Gasteiger partial charge in [-0.15, -0.1) is 0 Å². The van der Waals surface area contributed by atoms with Crippen LogP contribution in [0.15, 0.2) is 30.4 Å². The van der Waals surface area contributed by atoms with Crippen LogP contribution in [0.3, 0.4) is 0 Å². The molecule has 1 unspecified atom stereocenters. The molecule has 1 aliphatic heterocycles. The monoisotopic (exact) mass is 588 g/mol. The topological polar surface area (TPSA) is 122 Å². The quantitative estimate of drug-likeness (QED) is 0.313. The van der Waals surface area contributed by atoms with E-state index in [9.17, 15) is 9.59 Å². The van der Waals surface area contributed by atoms with Crippen molar-refractivity contribution >= 4 is 40.8 Å². The van der Waals surface area contributed by atoms with Crippen molar-refractivity contribution in [3.05, 3.63) is 40.4 Å². The van der Waals surface area contributed by atoms with Crippen LogP contribution in [0.1, 0.15) is 65.7 Å². The molecule has 1 aromatic carbocycles. The minimum atomic E-state index is -1.26. The molecule has 2 fully saturated rings. The number of carbonyl (C=O) groups is 2. The average Bonchev–Trinajstić information content (AvgIpc) is 3.37. The Kier molecular flexibility index (Phi) is 16.0. The molecule has 3 rings (SSSR count). The summed E-state index contributed by atoms with van der Waals surface area (Å²) in [5.74, 6) is -1.79. The Morgan fingerprint density at radius 2 is 1.56 bits per heavy atom. The number of rotatable bonds is 11. The maximum atomic E-state index is 9.55. The number of benzene rings is 1. The van der Waals surface area contributed by atoms with Crippen LogP contribution in [0.25, 0.3) is 0 Å². The second kappa shape index (κ2) is 17.8. The fraction of sp³-hybridized carbons (Fsp3) is 0.655. The normalized spacial score (nSPS) is 17.3. The van der Waals surface area contributed by atoms with E-state index in [1.165, 1.54) is 44.9 Å². The van der Waals surface area contributed by atoms with Crippen molar-refractivity contribution in [2.45, 2.75) is 71.8 Å². The maximum Gasteiger partial charge on any atom is 0.328 e. The van der Waals surface area contributed by atoms with Crippen LogP contribution < -0.4 is 4.90 Å². The van der Waals surface area contributed by atoms with Gasteiger partial charge in [0, 0.05) is 25.2 Å². The van der Waals surface area contributed by atoms with Crippen LogP contribution in [-0.2, 0) is 14.3 Å². The lowest BCUT2D eigenvalue weighted by Gasteiger charge is -2.38. The van der Waals surface area contributed by atoms with Gasteiger partial charge in [0.25, 0.3) is 0 Å². The van der Waals surface area contributed by atoms with Gasteiger partial charge in [0.1, 0.15) is 0 Å². The Hall–Kier alpha value is -1.84. The third kappa shape index (κ3) is 13.9. The molecular weight excluding hydrogens is 543 g/mol. The summed E-state index contributed by atoms with van der Waals surface area (Å²) in [6.45, 7) is 12.5. The van der Waals surface area contributed by atoms with Gasteiger partial charge in [-0.25, -0.2) is 9.59 Å². The summed E-state index contributed by atoms with van der Waals surface area (Å²) < 4.78 is 6.23. The van der Waals surface area contributed by atoms with Gasteiger partial charge in [-0.3, -0.25) is 4.90 Å². The Morgan fingerprint density at radius 3 is 2.05 bits per heavy atom. The Balaban J connectivity index is 0.000000737. The molecule has 4 N–H and O–H groups in total. The van der Waals surface area contributed by atoms with Gasteiger partial charge in [0.2, 0.25) is 0 Å². The molecule has 8 nitrogen and oxygen atoms in total. The Bertz CT molecular complexity index is 873. The van der Waals surface area contributed by atoms with Crippen molar-refractivity contribution in [3.63, 3.8) is 0 Å². The summed E-state index contributed by atoms with van der Waals surface area (Å²) in [4.78, 5) is 24.2. The molecule has 0 aromatic heterocycles. The second-order valence-corrected chi connectivity index (χ2v) is 12.3. The van der Waals surface area contributed by atoms with E-state index < -0.39 is 11.9 Å². The zero-order valence-corrected chi connectivity index (χ0v) is 25.0. The van der Waals surface area contributed by atoms with E-state index in [1.54, 1.807) is 0 Å². The van der Waals surface area contributed by atoms with Crippen molar-refractivity contribution in [2.75, 3.05) is 44.3 Å². The maximum absolute atomic E-state index is 9.55. The number of aliphatic carboxylic acids is 2. The lowest BCUT2D eigenvalue weighted by molar-refractivity contribution is -0.134. The molecule has 1 heterocycles. The van der Waals surface area contributed by atoms with Crippen molar-refractivity contribution in [1.82, 2.24) is 4.90 Å². The molecule has 1 atom stereocenters. The first kappa shape index (κ1) is 35.2. The highest BCUT2D eigenvalue weighted by atomic mass is 35.5. The second-order valence-electron chi connectivity index (χ2n) is 11.5. The number of anilines is 1. The predicted molar refractivity (Wildman–Crippen MR) is 158 cm³/mol. The molecule has 39 heavy (non-hydrogen) atoms. The van der Waals surface area contributed by atoms with Crippen LogP contribution in [-0.4, -0.2) is 78.0 Å². The number of para-hydroxylation sites is 1. The predicted octanol–water partition coefficient (Wildman–Crippen LogP) is 5.79. The summed E-state index contributed by atoms with van der Waals surface area (Å²) in [6.07, 6.45) is 10.4. The number of hydrogen-bond donors (Lipinski definition) is 2. The molecule has 1 aromatic rings. The van der Waals surface area contributed by atoms with Crippen molar-refractivity contribution in [3.8, 4) is 0 Å². The third-order valence-corrected chi connectivity index (χ3v) is 7.37. The highest BCUT2D eigenvalue weighted by Gasteiger charge is 2.28. The molecule has 0 spiro atoms. The van der Waals surface area contributed by atoms with Gasteiger partial charge in [0.15, 0.2) is 0 Å². The zero-order chi connectivity index (χ0) is 28.1. The minimum Gasteiger partial charge on any atom is -0.478 e. The van der Waals surface area contributed by atoms with E-state index in [-0.39, 0.29) is 10.9 Å². The number of ether oxygens (including phenoxy) is 1. The molecule has 1 aliphatic carbocycles. The van der Waals surface area contributed by atoms with Crippen LogP contribution in [0.4, 0.5) is 5.69 Å². The summed E-state index contributed by atoms with van der Waals surface area (Å²) in [7, 11) is 0. The van der Waals surface area contributed by atoms with E-state index in [0.717, 1.165) is 61.0 Å². The molecule has 0 amide bonds. The summed E-state index contributed by atoms with van der Waals surface area (Å²) in [5.41, 5.74) is 1.19. The van der Waals surface area contributed by atoms with Gasteiger partial charge < -0.3 is 25.3 Å². The van der Waals surface area contributed by atoms with Crippen molar-refractivity contribution < 1.29 is 30.0 Å². The van der Waals surface area contributed by atoms with Gasteiger partial charge in [-0.1, -0.05) is 69.3 Å². The number of likely N-dealkylation sites (tertiary alicyclic amines) is 1. The third-order valence-electron chi connectivity index (χ3n) is 6.76. The number of halogens is 2. The van der Waals surface area contributed by atoms with Crippen molar-refractivity contribution in [2.24, 2.45) is 11.3 Å². The van der Waals surface area contributed by atoms with Crippen LogP contribution in [0.2, 0.25) is 10.0 Å². The van der Waals surface area contributed by atoms with E-state index in [4.69, 9.17) is 38.2 Å². The van der Waals surface area contributed by atoms with E-state index in [0.29, 0.717) is 18.2 Å². The fourth-order valence-corrected chi connectivity index (χ4v) is 5.64. The lowest BCUT2D eigenvalue weighted by Crippen LogP contribution is -2.47. The van der Waals surface area contributed by atoms with E-state index in [1.807, 2.05) is 18.2 Å². The standard InChI is InChI=1S/C25H40Cl2N2O.C4H4O4.H2O/c1-25(2,3)19-30-18-21(28-14-7-8-15-28)17-29(16-20-10-5-4-6-11-20)24-22(26)12-9-13-23(24)27;5-3(6)1-2-4(7)8;/h9,12-13,20-21H,4-8,10-11,14-19H2,1-3H3;1-2H,(H,5,6)(H,7,8);1H2/b;2-1+;. The van der Waals surface area contributed by atoms with Crippen LogP contribution >= 0.6 is 23.2 Å². The fourth-order valence-electron chi connectivity index (χ4n) is 5.01. The first-order chi connectivity index (χ1) is 18.0. The van der Waals surface area contributed by atoms with Crippen molar-refractivity contribution in [1.29, 1.82) is 0 Å². The highest BCUT2D eigenvalue weighted by Crippen LogP contribution is 2.36. The minimum absolute atomic E-state index is 0. The lowest BCUT2D eigenvalue weighted by atomic mass is 9.88. The highest BCUT2D eigenvalue weighted by molar-refractivity contribution is 6.39. The molecule has 222 valence electrons. The molecular formula is C29H46Cl2N2O6. The number of nitrogens with zero attached hydrogens (tertiary/aromatic N) is 2.